The molecule has 0 fully saturated rings. The van der Waals surface area contributed by atoms with E-state index in [1.807, 2.05) is 0 Å². The highest BCUT2D eigenvalue weighted by Gasteiger charge is 2.20. The standard InChI is InChI=1S/C14H15Cl2N3O2/c1-14(2,6-17)19-13(21)10-5-11(20)12-8(16)3-7(15)4-9(12)18-10/h3-5H,6,17H2,1-2H3,(H,18,20)(H,19,21). The average molecular weight is 328 g/mol. The average Bonchev–Trinajstić information content (AvgIpc) is 2.36. The van der Waals surface area contributed by atoms with E-state index in [2.05, 4.69) is 10.3 Å². The van der Waals surface area contributed by atoms with E-state index in [4.69, 9.17) is 28.9 Å². The van der Waals surface area contributed by atoms with E-state index in [-0.39, 0.29) is 22.7 Å². The second kappa shape index (κ2) is 5.67. The molecule has 0 bridgehead atoms. The minimum Gasteiger partial charge on any atom is -0.350 e. The molecule has 5 nitrogen and oxygen atoms in total. The van der Waals surface area contributed by atoms with Gasteiger partial charge in [-0.1, -0.05) is 23.2 Å². The zero-order valence-electron chi connectivity index (χ0n) is 11.6. The van der Waals surface area contributed by atoms with E-state index >= 15 is 0 Å². The molecular formula is C14H15Cl2N3O2. The smallest absolute Gasteiger partial charge is 0.268 e. The Balaban J connectivity index is 2.52. The van der Waals surface area contributed by atoms with Crippen LogP contribution in [-0.2, 0) is 0 Å². The van der Waals surface area contributed by atoms with Crippen molar-refractivity contribution in [3.8, 4) is 0 Å². The van der Waals surface area contributed by atoms with Gasteiger partial charge in [-0.25, -0.2) is 0 Å². The van der Waals surface area contributed by atoms with Crippen molar-refractivity contribution in [3.63, 3.8) is 0 Å². The third-order valence-electron chi connectivity index (χ3n) is 3.05. The number of aromatic amines is 1. The third-order valence-corrected chi connectivity index (χ3v) is 3.57. The number of carbonyl (C=O) groups excluding carboxylic acids is 1. The summed E-state index contributed by atoms with van der Waals surface area (Å²) in [6.45, 7) is 3.85. The summed E-state index contributed by atoms with van der Waals surface area (Å²) < 4.78 is 0. The monoisotopic (exact) mass is 327 g/mol. The molecule has 0 atom stereocenters. The number of fused-ring (bicyclic) bond motifs is 1. The molecule has 1 aromatic heterocycles. The van der Waals surface area contributed by atoms with E-state index in [0.717, 1.165) is 0 Å². The molecule has 7 heteroatoms. The number of pyridine rings is 1. The molecule has 2 rings (SSSR count). The number of aromatic nitrogens is 1. The van der Waals surface area contributed by atoms with E-state index < -0.39 is 11.4 Å². The minimum absolute atomic E-state index is 0.132. The summed E-state index contributed by atoms with van der Waals surface area (Å²) in [6.07, 6.45) is 0. The highest BCUT2D eigenvalue weighted by atomic mass is 35.5. The number of rotatable bonds is 3. The summed E-state index contributed by atoms with van der Waals surface area (Å²) in [5, 5.41) is 3.67. The predicted octanol–water partition coefficient (Wildman–Crippen LogP) is 2.30. The summed E-state index contributed by atoms with van der Waals surface area (Å²) >= 11 is 11.9. The maximum Gasteiger partial charge on any atom is 0.268 e. The number of benzene rings is 1. The predicted molar refractivity (Wildman–Crippen MR) is 85.2 cm³/mol. The summed E-state index contributed by atoms with van der Waals surface area (Å²) in [5.41, 5.74) is 5.20. The molecule has 1 aromatic carbocycles. The number of nitrogens with one attached hydrogen (secondary N) is 2. The van der Waals surface area contributed by atoms with Crippen LogP contribution in [0.5, 0.6) is 0 Å². The minimum atomic E-state index is -0.574. The van der Waals surface area contributed by atoms with Crippen molar-refractivity contribution >= 4 is 40.0 Å². The van der Waals surface area contributed by atoms with Crippen LogP contribution in [0.3, 0.4) is 0 Å². The van der Waals surface area contributed by atoms with Gasteiger partial charge in [0, 0.05) is 23.2 Å². The van der Waals surface area contributed by atoms with Gasteiger partial charge >= 0.3 is 0 Å². The Kier molecular flexibility index (Phi) is 4.27. The SMILES string of the molecule is CC(C)(CN)NC(=O)c1cc(=O)c2c(Cl)cc(Cl)cc2[nH]1. The fourth-order valence-electron chi connectivity index (χ4n) is 1.86. The molecule has 2 aromatic rings. The number of halogens is 2. The quantitative estimate of drug-likeness (QED) is 0.808. The van der Waals surface area contributed by atoms with Gasteiger partial charge in [0.2, 0.25) is 0 Å². The van der Waals surface area contributed by atoms with Gasteiger partial charge in [-0.15, -0.1) is 0 Å². The van der Waals surface area contributed by atoms with Crippen LogP contribution in [-0.4, -0.2) is 23.0 Å². The van der Waals surface area contributed by atoms with Crippen LogP contribution in [0, 0.1) is 0 Å². The van der Waals surface area contributed by atoms with E-state index in [0.29, 0.717) is 15.9 Å². The van der Waals surface area contributed by atoms with Crippen LogP contribution in [0.2, 0.25) is 10.0 Å². The molecule has 1 heterocycles. The molecule has 0 aliphatic rings. The molecule has 0 unspecified atom stereocenters. The van der Waals surface area contributed by atoms with Crippen LogP contribution in [0.15, 0.2) is 23.0 Å². The van der Waals surface area contributed by atoms with Crippen LogP contribution < -0.4 is 16.5 Å². The molecule has 0 radical (unpaired) electrons. The second-order valence-electron chi connectivity index (χ2n) is 5.40. The molecule has 4 N–H and O–H groups in total. The molecule has 0 saturated carbocycles. The first-order chi connectivity index (χ1) is 9.73. The molecular weight excluding hydrogens is 313 g/mol. The van der Waals surface area contributed by atoms with E-state index in [1.54, 1.807) is 19.9 Å². The van der Waals surface area contributed by atoms with Gasteiger partial charge in [0.05, 0.1) is 15.9 Å². The molecule has 0 aliphatic heterocycles. The van der Waals surface area contributed by atoms with Gasteiger partial charge < -0.3 is 16.0 Å². The Morgan fingerprint density at radius 1 is 1.33 bits per heavy atom. The van der Waals surface area contributed by atoms with Gasteiger partial charge in [-0.05, 0) is 26.0 Å². The van der Waals surface area contributed by atoms with Gasteiger partial charge in [0.15, 0.2) is 5.43 Å². The number of H-pyrrole nitrogens is 1. The fraction of sp³-hybridized carbons (Fsp3) is 0.286. The lowest BCUT2D eigenvalue weighted by atomic mass is 10.1. The first kappa shape index (κ1) is 15.8. The number of nitrogens with two attached hydrogens (primary N) is 1. The molecule has 21 heavy (non-hydrogen) atoms. The lowest BCUT2D eigenvalue weighted by Gasteiger charge is -2.24. The van der Waals surface area contributed by atoms with E-state index in [9.17, 15) is 9.59 Å². The maximum absolute atomic E-state index is 12.2. The Bertz CT molecular complexity index is 769. The second-order valence-corrected chi connectivity index (χ2v) is 6.24. The van der Waals surface area contributed by atoms with Crippen molar-refractivity contribution < 1.29 is 4.79 Å². The zero-order valence-corrected chi connectivity index (χ0v) is 13.1. The van der Waals surface area contributed by atoms with Crippen LogP contribution in [0.1, 0.15) is 24.3 Å². The molecule has 112 valence electrons. The molecule has 1 amide bonds. The van der Waals surface area contributed by atoms with Crippen LogP contribution in [0.25, 0.3) is 10.9 Å². The summed E-state index contributed by atoms with van der Waals surface area (Å²) in [7, 11) is 0. The van der Waals surface area contributed by atoms with E-state index in [1.165, 1.54) is 12.1 Å². The van der Waals surface area contributed by atoms with Gasteiger partial charge in [0.1, 0.15) is 5.69 Å². The first-order valence-electron chi connectivity index (χ1n) is 6.28. The Hall–Kier alpha value is -1.56. The Morgan fingerprint density at radius 2 is 2.00 bits per heavy atom. The number of hydrogen-bond acceptors (Lipinski definition) is 3. The lowest BCUT2D eigenvalue weighted by molar-refractivity contribution is 0.0911. The zero-order chi connectivity index (χ0) is 15.8. The number of amides is 1. The Morgan fingerprint density at radius 3 is 2.62 bits per heavy atom. The van der Waals surface area contributed by atoms with Gasteiger partial charge in [-0.3, -0.25) is 9.59 Å². The maximum atomic E-state index is 12.2. The van der Waals surface area contributed by atoms with Crippen LogP contribution in [0.4, 0.5) is 0 Å². The van der Waals surface area contributed by atoms with Crippen molar-refractivity contribution in [1.29, 1.82) is 0 Å². The van der Waals surface area contributed by atoms with Crippen molar-refractivity contribution in [2.75, 3.05) is 6.54 Å². The molecule has 0 saturated heterocycles. The number of carbonyl (C=O) groups is 1. The van der Waals surface area contributed by atoms with Crippen molar-refractivity contribution in [1.82, 2.24) is 10.3 Å². The number of hydrogen-bond donors (Lipinski definition) is 3. The fourth-order valence-corrected chi connectivity index (χ4v) is 2.44. The highest BCUT2D eigenvalue weighted by molar-refractivity contribution is 6.38. The normalized spacial score (nSPS) is 11.7. The van der Waals surface area contributed by atoms with Crippen molar-refractivity contribution in [2.24, 2.45) is 5.73 Å². The molecule has 0 spiro atoms. The molecule has 0 aliphatic carbocycles. The summed E-state index contributed by atoms with van der Waals surface area (Å²) in [5.74, 6) is -0.416. The highest BCUT2D eigenvalue weighted by Crippen LogP contribution is 2.24. The van der Waals surface area contributed by atoms with Gasteiger partial charge in [-0.2, -0.15) is 0 Å². The first-order valence-corrected chi connectivity index (χ1v) is 7.04. The van der Waals surface area contributed by atoms with Crippen LogP contribution >= 0.6 is 23.2 Å². The largest absolute Gasteiger partial charge is 0.350 e. The van der Waals surface area contributed by atoms with Gasteiger partial charge in [0.25, 0.3) is 5.91 Å². The van der Waals surface area contributed by atoms with Crippen molar-refractivity contribution in [3.05, 3.63) is 44.2 Å². The van der Waals surface area contributed by atoms with Crippen molar-refractivity contribution in [2.45, 2.75) is 19.4 Å². The summed E-state index contributed by atoms with van der Waals surface area (Å²) in [6, 6.07) is 4.25. The lowest BCUT2D eigenvalue weighted by Crippen LogP contribution is -2.49. The third kappa shape index (κ3) is 3.37. The Labute approximate surface area is 131 Å². The summed E-state index contributed by atoms with van der Waals surface area (Å²) in [4.78, 5) is 27.2. The topological polar surface area (TPSA) is 88.0 Å².